The van der Waals surface area contributed by atoms with Crippen molar-refractivity contribution in [1.82, 2.24) is 19.5 Å². The molecule has 0 saturated heterocycles. The molecule has 0 atom stereocenters. The number of rotatable bonds is 6. The topological polar surface area (TPSA) is 52.8 Å². The SMILES string of the molecule is CCCCn1cnc2cnc(OC(F)(F)CF)nc21. The van der Waals surface area contributed by atoms with Crippen LogP contribution in [0.1, 0.15) is 19.8 Å². The first-order chi connectivity index (χ1) is 9.05. The van der Waals surface area contributed by atoms with Crippen molar-refractivity contribution in [2.45, 2.75) is 32.4 Å². The van der Waals surface area contributed by atoms with Crippen LogP contribution < -0.4 is 4.74 Å². The Morgan fingerprint density at radius 3 is 2.84 bits per heavy atom. The summed E-state index contributed by atoms with van der Waals surface area (Å²) in [4.78, 5) is 11.5. The van der Waals surface area contributed by atoms with Crippen LogP contribution in [0.5, 0.6) is 6.01 Å². The van der Waals surface area contributed by atoms with E-state index in [4.69, 9.17) is 0 Å². The first kappa shape index (κ1) is 13.6. The van der Waals surface area contributed by atoms with Gasteiger partial charge < -0.3 is 9.30 Å². The molecule has 2 heterocycles. The lowest BCUT2D eigenvalue weighted by Crippen LogP contribution is -2.28. The maximum atomic E-state index is 12.8. The van der Waals surface area contributed by atoms with Gasteiger partial charge in [-0.25, -0.2) is 14.4 Å². The molecular weight excluding hydrogens is 261 g/mol. The number of unbranched alkanes of at least 4 members (excludes halogenated alkanes) is 1. The standard InChI is InChI=1S/C11H13F3N4O/c1-2-3-4-18-7-16-8-5-15-10(17-9(8)18)19-11(13,14)6-12/h5,7H,2-4,6H2,1H3. The fourth-order valence-corrected chi connectivity index (χ4v) is 1.54. The van der Waals surface area contributed by atoms with E-state index in [1.807, 2.05) is 6.92 Å². The molecule has 0 fully saturated rings. The number of fused-ring (bicyclic) bond motifs is 1. The van der Waals surface area contributed by atoms with Crippen LogP contribution >= 0.6 is 0 Å². The summed E-state index contributed by atoms with van der Waals surface area (Å²) in [5.41, 5.74) is 0.875. The third-order valence-corrected chi connectivity index (χ3v) is 2.48. The molecule has 0 aromatic carbocycles. The fourth-order valence-electron chi connectivity index (χ4n) is 1.54. The highest BCUT2D eigenvalue weighted by Crippen LogP contribution is 2.20. The predicted molar refractivity (Wildman–Crippen MR) is 61.8 cm³/mol. The van der Waals surface area contributed by atoms with E-state index in [2.05, 4.69) is 19.7 Å². The summed E-state index contributed by atoms with van der Waals surface area (Å²) in [5.74, 6) is 0. The van der Waals surface area contributed by atoms with Crippen molar-refractivity contribution in [2.24, 2.45) is 0 Å². The van der Waals surface area contributed by atoms with Crippen LogP contribution in [0, 0.1) is 0 Å². The highest BCUT2D eigenvalue weighted by molar-refractivity contribution is 5.69. The Bertz CT molecular complexity index is 558. The normalized spacial score (nSPS) is 12.0. The molecule has 0 aliphatic carbocycles. The molecule has 2 aromatic rings. The molecule has 0 bridgehead atoms. The molecule has 0 N–H and O–H groups in total. The van der Waals surface area contributed by atoms with Gasteiger partial charge in [0.05, 0.1) is 12.5 Å². The summed E-state index contributed by atoms with van der Waals surface area (Å²) in [6.07, 6.45) is 0.808. The van der Waals surface area contributed by atoms with Gasteiger partial charge in [-0.05, 0) is 6.42 Å². The average Bonchev–Trinajstić information content (AvgIpc) is 2.78. The first-order valence-corrected chi connectivity index (χ1v) is 5.86. The Balaban J connectivity index is 2.27. The Morgan fingerprint density at radius 2 is 2.16 bits per heavy atom. The van der Waals surface area contributed by atoms with Crippen LogP contribution in [0.25, 0.3) is 11.2 Å². The molecular formula is C11H13F3N4O. The van der Waals surface area contributed by atoms with E-state index in [1.165, 1.54) is 6.20 Å². The summed E-state index contributed by atoms with van der Waals surface area (Å²) in [7, 11) is 0. The number of hydrogen-bond acceptors (Lipinski definition) is 4. The maximum absolute atomic E-state index is 12.8. The summed E-state index contributed by atoms with van der Waals surface area (Å²) in [6.45, 7) is 0.775. The minimum Gasteiger partial charge on any atom is -0.396 e. The van der Waals surface area contributed by atoms with E-state index in [-0.39, 0.29) is 0 Å². The second kappa shape index (κ2) is 5.41. The van der Waals surface area contributed by atoms with E-state index in [1.54, 1.807) is 10.9 Å². The van der Waals surface area contributed by atoms with Crippen LogP contribution in [0.2, 0.25) is 0 Å². The van der Waals surface area contributed by atoms with Gasteiger partial charge in [0.2, 0.25) is 0 Å². The summed E-state index contributed by atoms with van der Waals surface area (Å²) < 4.78 is 43.4. The lowest BCUT2D eigenvalue weighted by atomic mass is 10.3. The van der Waals surface area contributed by atoms with E-state index in [0.29, 0.717) is 17.7 Å². The first-order valence-electron chi connectivity index (χ1n) is 5.86. The highest BCUT2D eigenvalue weighted by Gasteiger charge is 2.33. The van der Waals surface area contributed by atoms with Crippen LogP contribution in [-0.4, -0.2) is 32.3 Å². The molecule has 8 heteroatoms. The molecule has 2 rings (SSSR count). The summed E-state index contributed by atoms with van der Waals surface area (Å²) in [5, 5.41) is 0. The molecule has 19 heavy (non-hydrogen) atoms. The number of ether oxygens (including phenoxy) is 1. The maximum Gasteiger partial charge on any atom is 0.429 e. The van der Waals surface area contributed by atoms with Crippen LogP contribution in [0.3, 0.4) is 0 Å². The van der Waals surface area contributed by atoms with Gasteiger partial charge >= 0.3 is 12.1 Å². The van der Waals surface area contributed by atoms with Crippen molar-refractivity contribution in [3.8, 4) is 6.01 Å². The number of hydrogen-bond donors (Lipinski definition) is 0. The second-order valence-corrected chi connectivity index (χ2v) is 4.03. The zero-order valence-corrected chi connectivity index (χ0v) is 10.3. The van der Waals surface area contributed by atoms with E-state index in [9.17, 15) is 13.2 Å². The number of alkyl halides is 3. The van der Waals surface area contributed by atoms with E-state index in [0.717, 1.165) is 12.8 Å². The van der Waals surface area contributed by atoms with Gasteiger partial charge in [0.25, 0.3) is 0 Å². The number of halogens is 3. The van der Waals surface area contributed by atoms with Crippen molar-refractivity contribution in [1.29, 1.82) is 0 Å². The van der Waals surface area contributed by atoms with Crippen molar-refractivity contribution in [3.63, 3.8) is 0 Å². The molecule has 0 aliphatic rings. The molecule has 0 radical (unpaired) electrons. The minimum atomic E-state index is -3.91. The Labute approximate surface area is 107 Å². The monoisotopic (exact) mass is 274 g/mol. The lowest BCUT2D eigenvalue weighted by Gasteiger charge is -2.12. The largest absolute Gasteiger partial charge is 0.429 e. The van der Waals surface area contributed by atoms with Gasteiger partial charge in [-0.2, -0.15) is 13.8 Å². The molecule has 2 aromatic heterocycles. The number of aromatic nitrogens is 4. The zero-order chi connectivity index (χ0) is 13.9. The smallest absolute Gasteiger partial charge is 0.396 e. The Morgan fingerprint density at radius 1 is 1.37 bits per heavy atom. The molecule has 0 amide bonds. The number of imidazole rings is 1. The van der Waals surface area contributed by atoms with Crippen molar-refractivity contribution in [3.05, 3.63) is 12.5 Å². The van der Waals surface area contributed by atoms with Crippen molar-refractivity contribution < 1.29 is 17.9 Å². The zero-order valence-electron chi connectivity index (χ0n) is 10.3. The number of aryl methyl sites for hydroxylation is 1. The van der Waals surface area contributed by atoms with Crippen LogP contribution in [0.15, 0.2) is 12.5 Å². The molecule has 0 spiro atoms. The minimum absolute atomic E-state index is 0.396. The highest BCUT2D eigenvalue weighted by atomic mass is 19.3. The molecule has 0 aliphatic heterocycles. The molecule has 0 unspecified atom stereocenters. The van der Waals surface area contributed by atoms with Gasteiger partial charge in [-0.3, -0.25) is 0 Å². The van der Waals surface area contributed by atoms with Crippen LogP contribution in [-0.2, 0) is 6.54 Å². The quantitative estimate of drug-likeness (QED) is 0.812. The van der Waals surface area contributed by atoms with Gasteiger partial charge in [0.1, 0.15) is 5.52 Å². The average molecular weight is 274 g/mol. The Hall–Kier alpha value is -1.86. The lowest BCUT2D eigenvalue weighted by molar-refractivity contribution is -0.190. The van der Waals surface area contributed by atoms with Gasteiger partial charge in [0, 0.05) is 6.54 Å². The van der Waals surface area contributed by atoms with Gasteiger partial charge in [-0.15, -0.1) is 0 Å². The second-order valence-electron chi connectivity index (χ2n) is 4.03. The third kappa shape index (κ3) is 3.12. The van der Waals surface area contributed by atoms with E-state index < -0.39 is 18.8 Å². The molecule has 5 nitrogen and oxygen atoms in total. The summed E-state index contributed by atoms with van der Waals surface area (Å²) >= 11 is 0. The van der Waals surface area contributed by atoms with Gasteiger partial charge in [-0.1, -0.05) is 13.3 Å². The Kier molecular flexibility index (Phi) is 3.87. The molecule has 104 valence electrons. The third-order valence-electron chi connectivity index (χ3n) is 2.48. The fraction of sp³-hybridized carbons (Fsp3) is 0.545. The molecule has 0 saturated carbocycles. The predicted octanol–water partition coefficient (Wildman–Crippen LogP) is 2.57. The van der Waals surface area contributed by atoms with Crippen LogP contribution in [0.4, 0.5) is 13.2 Å². The van der Waals surface area contributed by atoms with E-state index >= 15 is 0 Å². The van der Waals surface area contributed by atoms with Gasteiger partial charge in [0.15, 0.2) is 12.3 Å². The van der Waals surface area contributed by atoms with Crippen molar-refractivity contribution in [2.75, 3.05) is 6.67 Å². The summed E-state index contributed by atoms with van der Waals surface area (Å²) in [6, 6.07) is -0.562. The number of nitrogens with zero attached hydrogens (tertiary/aromatic N) is 4. The van der Waals surface area contributed by atoms with Crippen molar-refractivity contribution >= 4 is 11.2 Å².